The van der Waals surface area contributed by atoms with Gasteiger partial charge >= 0.3 is 0 Å². The van der Waals surface area contributed by atoms with Crippen molar-refractivity contribution in [2.45, 2.75) is 35.5 Å². The average molecular weight is 402 g/mol. The van der Waals surface area contributed by atoms with E-state index in [9.17, 15) is 21.2 Å². The zero-order valence-electron chi connectivity index (χ0n) is 14.1. The van der Waals surface area contributed by atoms with E-state index in [1.165, 1.54) is 24.3 Å². The molecule has 0 saturated carbocycles. The predicted octanol–water partition coefficient (Wildman–Crippen LogP) is 2.31. The number of benzene rings is 1. The minimum atomic E-state index is -3.76. The maximum absolute atomic E-state index is 13.4. The second kappa shape index (κ2) is 7.13. The van der Waals surface area contributed by atoms with Gasteiger partial charge in [0.25, 0.3) is 10.1 Å². The lowest BCUT2D eigenvalue weighted by atomic mass is 10.0. The molecule has 2 aliphatic rings. The smallest absolute Gasteiger partial charge is 0.264 e. The van der Waals surface area contributed by atoms with Gasteiger partial charge in [-0.05, 0) is 49.1 Å². The number of aryl methyl sites for hydroxylation is 1. The van der Waals surface area contributed by atoms with Crippen LogP contribution < -0.4 is 4.74 Å². The van der Waals surface area contributed by atoms with E-state index in [1.54, 1.807) is 6.07 Å². The van der Waals surface area contributed by atoms with Gasteiger partial charge in [0.1, 0.15) is 24.3 Å². The van der Waals surface area contributed by atoms with Crippen molar-refractivity contribution in [3.8, 4) is 5.75 Å². The van der Waals surface area contributed by atoms with Gasteiger partial charge in [-0.1, -0.05) is 12.1 Å². The maximum Gasteiger partial charge on any atom is 0.264 e. The molecule has 1 aromatic carbocycles. The summed E-state index contributed by atoms with van der Waals surface area (Å²) in [7, 11) is -7.33. The molecule has 9 heteroatoms. The first-order valence-electron chi connectivity index (χ1n) is 8.07. The first-order chi connectivity index (χ1) is 12.1. The molecule has 6 nitrogen and oxygen atoms in total. The molecule has 1 unspecified atom stereocenters. The Morgan fingerprint density at radius 3 is 2.73 bits per heavy atom. The van der Waals surface area contributed by atoms with Crippen molar-refractivity contribution in [1.29, 1.82) is 0 Å². The lowest BCUT2D eigenvalue weighted by Crippen LogP contribution is -2.29. The second-order valence-electron chi connectivity index (χ2n) is 6.31. The van der Waals surface area contributed by atoms with Crippen molar-refractivity contribution in [1.82, 2.24) is 0 Å². The quantitative estimate of drug-likeness (QED) is 0.703. The number of sulfone groups is 1. The second-order valence-corrected chi connectivity index (χ2v) is 10.1. The molecular weight excluding hydrogens is 383 g/mol. The van der Waals surface area contributed by atoms with Crippen molar-refractivity contribution < 1.29 is 30.1 Å². The lowest BCUT2D eigenvalue weighted by molar-refractivity contribution is 0.113. The first-order valence-corrected chi connectivity index (χ1v) is 11.4. The summed E-state index contributed by atoms with van der Waals surface area (Å²) in [6.45, 7) is -0.128. The number of rotatable bonds is 5. The summed E-state index contributed by atoms with van der Waals surface area (Å²) in [6, 6.07) is 4.59. The van der Waals surface area contributed by atoms with Gasteiger partial charge in [-0.15, -0.1) is 0 Å². The Kier molecular flexibility index (Phi) is 5.23. The number of halogens is 1. The molecule has 0 N–H and O–H groups in total. The van der Waals surface area contributed by atoms with Crippen LogP contribution in [-0.2, 0) is 30.6 Å². The fourth-order valence-electron chi connectivity index (χ4n) is 2.91. The SMILES string of the molecule is CS(=O)(=O)OC[C@H]1CCc2ccc(S(=O)(=O)C3C=C(F)C=CC3)cc2O1. The van der Waals surface area contributed by atoms with E-state index < -0.39 is 37.1 Å². The van der Waals surface area contributed by atoms with Crippen molar-refractivity contribution in [3.05, 3.63) is 47.8 Å². The number of hydrogen-bond donors (Lipinski definition) is 0. The monoisotopic (exact) mass is 402 g/mol. The van der Waals surface area contributed by atoms with Gasteiger partial charge in [0.05, 0.1) is 16.4 Å². The maximum atomic E-state index is 13.4. The van der Waals surface area contributed by atoms with E-state index in [0.717, 1.165) is 17.9 Å². The van der Waals surface area contributed by atoms with Gasteiger partial charge in [-0.2, -0.15) is 8.42 Å². The molecule has 0 aromatic heterocycles. The summed E-state index contributed by atoms with van der Waals surface area (Å²) in [5.41, 5.74) is 0.838. The Morgan fingerprint density at radius 2 is 2.04 bits per heavy atom. The molecule has 1 aliphatic heterocycles. The van der Waals surface area contributed by atoms with Crippen molar-refractivity contribution in [2.24, 2.45) is 0 Å². The van der Waals surface area contributed by atoms with Crippen molar-refractivity contribution in [2.75, 3.05) is 12.9 Å². The van der Waals surface area contributed by atoms with Crippen LogP contribution in [0.4, 0.5) is 4.39 Å². The van der Waals surface area contributed by atoms with Gasteiger partial charge in [-0.3, -0.25) is 4.18 Å². The molecule has 1 heterocycles. The van der Waals surface area contributed by atoms with Crippen LogP contribution in [0.3, 0.4) is 0 Å². The number of hydrogen-bond acceptors (Lipinski definition) is 6. The highest BCUT2D eigenvalue weighted by Crippen LogP contribution is 2.33. The normalized spacial score (nSPS) is 23.1. The van der Waals surface area contributed by atoms with Crippen LogP contribution in [0.5, 0.6) is 5.75 Å². The zero-order chi connectivity index (χ0) is 18.9. The molecule has 0 bridgehead atoms. The molecule has 2 atom stereocenters. The van der Waals surface area contributed by atoms with Crippen LogP contribution in [0.15, 0.2) is 47.1 Å². The Labute approximate surface area is 152 Å². The van der Waals surface area contributed by atoms with Gasteiger partial charge in [0.2, 0.25) is 0 Å². The Morgan fingerprint density at radius 1 is 1.27 bits per heavy atom. The highest BCUT2D eigenvalue weighted by Gasteiger charge is 2.29. The molecule has 1 aromatic rings. The van der Waals surface area contributed by atoms with Crippen molar-refractivity contribution in [3.63, 3.8) is 0 Å². The van der Waals surface area contributed by atoms with Crippen LogP contribution >= 0.6 is 0 Å². The number of ether oxygens (including phenoxy) is 1. The summed E-state index contributed by atoms with van der Waals surface area (Å²) >= 11 is 0. The van der Waals surface area contributed by atoms with E-state index in [1.807, 2.05) is 0 Å². The highest BCUT2D eigenvalue weighted by molar-refractivity contribution is 7.92. The minimum Gasteiger partial charge on any atom is -0.488 e. The van der Waals surface area contributed by atoms with Gasteiger partial charge < -0.3 is 4.74 Å². The van der Waals surface area contributed by atoms with E-state index >= 15 is 0 Å². The summed E-state index contributed by atoms with van der Waals surface area (Å²) in [5.74, 6) is -0.188. The van der Waals surface area contributed by atoms with E-state index in [0.29, 0.717) is 18.6 Å². The largest absolute Gasteiger partial charge is 0.488 e. The fraction of sp³-hybridized carbons (Fsp3) is 0.412. The summed E-state index contributed by atoms with van der Waals surface area (Å²) in [6.07, 6.45) is 5.70. The Balaban J connectivity index is 1.81. The topological polar surface area (TPSA) is 86.7 Å². The van der Waals surface area contributed by atoms with Crippen molar-refractivity contribution >= 4 is 20.0 Å². The van der Waals surface area contributed by atoms with Crippen LogP contribution in [0.2, 0.25) is 0 Å². The van der Waals surface area contributed by atoms with E-state index in [4.69, 9.17) is 8.92 Å². The fourth-order valence-corrected chi connectivity index (χ4v) is 4.86. The van der Waals surface area contributed by atoms with Gasteiger partial charge in [0.15, 0.2) is 9.84 Å². The molecule has 3 rings (SSSR count). The molecule has 1 aliphatic carbocycles. The summed E-state index contributed by atoms with van der Waals surface area (Å²) in [4.78, 5) is 0.0466. The highest BCUT2D eigenvalue weighted by atomic mass is 32.2. The van der Waals surface area contributed by atoms with Gasteiger partial charge in [-0.25, -0.2) is 12.8 Å². The van der Waals surface area contributed by atoms with Crippen LogP contribution in [0.25, 0.3) is 0 Å². The molecule has 0 saturated heterocycles. The molecular formula is C17H19FO6S2. The molecule has 26 heavy (non-hydrogen) atoms. The summed E-state index contributed by atoms with van der Waals surface area (Å²) in [5, 5.41) is -0.960. The zero-order valence-corrected chi connectivity index (χ0v) is 15.7. The van der Waals surface area contributed by atoms with Crippen LogP contribution in [-0.4, -0.2) is 41.1 Å². The van der Waals surface area contributed by atoms with Crippen LogP contribution in [0, 0.1) is 0 Å². The van der Waals surface area contributed by atoms with Gasteiger partial charge in [0, 0.05) is 0 Å². The third-order valence-electron chi connectivity index (χ3n) is 4.25. The molecule has 142 valence electrons. The number of fused-ring (bicyclic) bond motifs is 1. The third-order valence-corrected chi connectivity index (χ3v) is 6.85. The predicted molar refractivity (Wildman–Crippen MR) is 93.9 cm³/mol. The molecule has 0 fully saturated rings. The molecule has 0 spiro atoms. The average Bonchev–Trinajstić information content (AvgIpc) is 2.58. The van der Waals surface area contributed by atoms with E-state index in [-0.39, 0.29) is 17.9 Å². The lowest BCUT2D eigenvalue weighted by Gasteiger charge is -2.26. The van der Waals surface area contributed by atoms with Crippen LogP contribution in [0.1, 0.15) is 18.4 Å². The minimum absolute atomic E-state index is 0.0466. The third kappa shape index (κ3) is 4.33. The van der Waals surface area contributed by atoms with E-state index in [2.05, 4.69) is 0 Å². The Bertz CT molecular complexity index is 963. The molecule has 0 amide bonds. The number of allylic oxidation sites excluding steroid dienone is 3. The Hall–Kier alpha value is -1.71. The standard InChI is InChI=1S/C17H19FO6S2/c1-25(19,20)23-11-14-7-5-12-6-8-16(10-17(12)24-14)26(21,22)15-4-2-3-13(18)9-15/h2-3,6,8-10,14-15H,4-5,7,11H2,1H3/t14-,15?/m1/s1. The molecule has 0 radical (unpaired) electrons. The summed E-state index contributed by atoms with van der Waals surface area (Å²) < 4.78 is 71.6. The first kappa shape index (κ1) is 19.1.